The number of hydrogen-bond acceptors (Lipinski definition) is 5. The van der Waals surface area contributed by atoms with Crippen LogP contribution >= 0.6 is 0 Å². The van der Waals surface area contributed by atoms with Crippen LogP contribution in [0, 0.1) is 23.2 Å². The van der Waals surface area contributed by atoms with E-state index in [-0.39, 0.29) is 17.3 Å². The third kappa shape index (κ3) is 4.13. The number of carbonyl (C=O) groups excluding carboxylic acids is 1. The molecule has 2 saturated heterocycles. The number of nitrogens with zero attached hydrogens (tertiary/aromatic N) is 4. The lowest BCUT2D eigenvalue weighted by molar-refractivity contribution is -0.111. The Morgan fingerprint density at radius 2 is 1.81 bits per heavy atom. The number of para-hydroxylation sites is 2. The second kappa shape index (κ2) is 9.49. The SMILES string of the molecule is CON(C)C(=O)c1nc2ccccc2n(C2C[C@H]3CCC[C@@H](C2)N3CC[C@@H]2CC[C@H]3C[C@H]2C3(C)C)c1=O. The molecule has 1 aromatic carbocycles. The van der Waals surface area contributed by atoms with Crippen molar-refractivity contribution in [2.75, 3.05) is 20.7 Å². The lowest BCUT2D eigenvalue weighted by Gasteiger charge is -2.60. The largest absolute Gasteiger partial charge is 0.302 e. The molecule has 3 heterocycles. The van der Waals surface area contributed by atoms with Gasteiger partial charge in [0.15, 0.2) is 5.69 Å². The Labute approximate surface area is 220 Å². The molecule has 5 aliphatic rings. The fourth-order valence-corrected chi connectivity index (χ4v) is 8.54. The molecule has 5 fully saturated rings. The number of hydroxylamine groups is 2. The zero-order valence-electron chi connectivity index (χ0n) is 22.9. The molecule has 7 heteroatoms. The van der Waals surface area contributed by atoms with Crippen LogP contribution in [-0.4, -0.2) is 58.2 Å². The summed E-state index contributed by atoms with van der Waals surface area (Å²) in [6.45, 7) is 6.19. The normalized spacial score (nSPS) is 32.6. The molecule has 1 aromatic heterocycles. The summed E-state index contributed by atoms with van der Waals surface area (Å²) in [7, 11) is 2.94. The van der Waals surface area contributed by atoms with Gasteiger partial charge in [0.1, 0.15) is 0 Å². The van der Waals surface area contributed by atoms with Gasteiger partial charge in [-0.05, 0) is 93.2 Å². The van der Waals surface area contributed by atoms with Crippen LogP contribution in [0.4, 0.5) is 0 Å². The average molecular weight is 507 g/mol. The first-order valence-corrected chi connectivity index (χ1v) is 14.4. The van der Waals surface area contributed by atoms with Crippen LogP contribution in [0.3, 0.4) is 0 Å². The third-order valence-electron chi connectivity index (χ3n) is 10.8. The van der Waals surface area contributed by atoms with Gasteiger partial charge in [-0.25, -0.2) is 10.0 Å². The van der Waals surface area contributed by atoms with Crippen molar-refractivity contribution in [2.24, 2.45) is 23.2 Å². The molecule has 2 aliphatic heterocycles. The maximum Gasteiger partial charge on any atom is 0.301 e. The molecule has 7 rings (SSSR count). The molecule has 1 unspecified atom stereocenters. The number of fused-ring (bicyclic) bond motifs is 5. The maximum absolute atomic E-state index is 13.8. The van der Waals surface area contributed by atoms with E-state index in [2.05, 4.69) is 23.7 Å². The van der Waals surface area contributed by atoms with E-state index in [0.29, 0.717) is 23.0 Å². The van der Waals surface area contributed by atoms with Crippen molar-refractivity contribution in [3.05, 3.63) is 40.3 Å². The Morgan fingerprint density at radius 3 is 2.49 bits per heavy atom. The molecule has 6 atom stereocenters. The fraction of sp³-hybridized carbons (Fsp3) is 0.700. The summed E-state index contributed by atoms with van der Waals surface area (Å²) in [5.41, 5.74) is 1.69. The average Bonchev–Trinajstić information content (AvgIpc) is 2.90. The van der Waals surface area contributed by atoms with Gasteiger partial charge < -0.3 is 4.57 Å². The number of aromatic nitrogens is 2. The lowest BCUT2D eigenvalue weighted by atomic mass is 9.45. The highest BCUT2D eigenvalue weighted by atomic mass is 16.7. The predicted molar refractivity (Wildman–Crippen MR) is 144 cm³/mol. The monoisotopic (exact) mass is 506 g/mol. The first-order chi connectivity index (χ1) is 17.8. The Balaban J connectivity index is 1.26. The molecule has 3 saturated carbocycles. The maximum atomic E-state index is 13.8. The van der Waals surface area contributed by atoms with Crippen molar-refractivity contribution in [1.82, 2.24) is 19.5 Å². The van der Waals surface area contributed by atoms with Crippen LogP contribution < -0.4 is 5.56 Å². The minimum absolute atomic E-state index is 0.0608. The van der Waals surface area contributed by atoms with Crippen molar-refractivity contribution in [3.8, 4) is 0 Å². The van der Waals surface area contributed by atoms with E-state index >= 15 is 0 Å². The summed E-state index contributed by atoms with van der Waals surface area (Å²) >= 11 is 0. The zero-order valence-corrected chi connectivity index (χ0v) is 22.9. The smallest absolute Gasteiger partial charge is 0.301 e. The van der Waals surface area contributed by atoms with Gasteiger partial charge in [0, 0.05) is 25.2 Å². The first kappa shape index (κ1) is 25.1. The van der Waals surface area contributed by atoms with Crippen LogP contribution in [0.1, 0.15) is 88.2 Å². The van der Waals surface area contributed by atoms with E-state index in [4.69, 9.17) is 4.84 Å². The highest BCUT2D eigenvalue weighted by Gasteiger charge is 2.54. The highest BCUT2D eigenvalue weighted by Crippen LogP contribution is 2.62. The zero-order chi connectivity index (χ0) is 25.9. The van der Waals surface area contributed by atoms with Gasteiger partial charge in [-0.15, -0.1) is 0 Å². The Kier molecular flexibility index (Phi) is 6.43. The lowest BCUT2D eigenvalue weighted by Crippen LogP contribution is -2.55. The molecule has 7 nitrogen and oxygen atoms in total. The van der Waals surface area contributed by atoms with Gasteiger partial charge in [-0.2, -0.15) is 0 Å². The highest BCUT2D eigenvalue weighted by molar-refractivity contribution is 5.93. The van der Waals surface area contributed by atoms with Crippen molar-refractivity contribution in [2.45, 2.75) is 89.8 Å². The molecule has 1 amide bonds. The van der Waals surface area contributed by atoms with Crippen molar-refractivity contribution < 1.29 is 9.63 Å². The van der Waals surface area contributed by atoms with Crippen LogP contribution in [0.2, 0.25) is 0 Å². The van der Waals surface area contributed by atoms with Gasteiger partial charge >= 0.3 is 5.91 Å². The van der Waals surface area contributed by atoms with E-state index in [1.54, 1.807) is 0 Å². The number of amides is 1. The second-order valence-corrected chi connectivity index (χ2v) is 12.7. The van der Waals surface area contributed by atoms with E-state index in [9.17, 15) is 9.59 Å². The van der Waals surface area contributed by atoms with Gasteiger partial charge in [-0.3, -0.25) is 19.3 Å². The minimum Gasteiger partial charge on any atom is -0.302 e. The van der Waals surface area contributed by atoms with Crippen LogP contribution in [0.5, 0.6) is 0 Å². The molecule has 37 heavy (non-hydrogen) atoms. The molecule has 0 spiro atoms. The van der Waals surface area contributed by atoms with Gasteiger partial charge in [0.25, 0.3) is 5.56 Å². The summed E-state index contributed by atoms with van der Waals surface area (Å²) in [5.74, 6) is 2.24. The standard InChI is InChI=1S/C30H42N4O3/c1-30(2)20-13-12-19(24(30)16-20)14-15-33-21-8-7-9-22(33)18-23(17-21)34-26-11-6-5-10-25(26)31-27(29(34)36)28(35)32(3)37-4/h5-6,10-11,19-24H,7-9,12-18H2,1-4H3/t19-,20-,21-,22+,23?,24+/m0/s1. The summed E-state index contributed by atoms with van der Waals surface area (Å²) in [6, 6.07) is 8.80. The summed E-state index contributed by atoms with van der Waals surface area (Å²) in [4.78, 5) is 39.1. The number of hydrogen-bond donors (Lipinski definition) is 0. The summed E-state index contributed by atoms with van der Waals surface area (Å²) in [5, 5.41) is 1.08. The molecule has 0 N–H and O–H groups in total. The van der Waals surface area contributed by atoms with Crippen LogP contribution in [0.25, 0.3) is 11.0 Å². The number of carbonyl (C=O) groups is 1. The molecular formula is C30H42N4O3. The van der Waals surface area contributed by atoms with Crippen LogP contribution in [0.15, 0.2) is 29.1 Å². The van der Waals surface area contributed by atoms with Crippen LogP contribution in [-0.2, 0) is 4.84 Å². The Morgan fingerprint density at radius 1 is 1.08 bits per heavy atom. The second-order valence-electron chi connectivity index (χ2n) is 12.7. The molecule has 3 aliphatic carbocycles. The molecule has 2 aromatic rings. The number of rotatable bonds is 6. The Bertz CT molecular complexity index is 1220. The summed E-state index contributed by atoms with van der Waals surface area (Å²) in [6.07, 6.45) is 11.2. The molecular weight excluding hydrogens is 464 g/mol. The van der Waals surface area contributed by atoms with Gasteiger partial charge in [0.2, 0.25) is 0 Å². The van der Waals surface area contributed by atoms with E-state index in [1.807, 2.05) is 28.8 Å². The minimum atomic E-state index is -0.502. The first-order valence-electron chi connectivity index (χ1n) is 14.4. The van der Waals surface area contributed by atoms with E-state index in [0.717, 1.165) is 41.2 Å². The quantitative estimate of drug-likeness (QED) is 0.513. The summed E-state index contributed by atoms with van der Waals surface area (Å²) < 4.78 is 1.89. The van der Waals surface area contributed by atoms with Crippen molar-refractivity contribution in [1.29, 1.82) is 0 Å². The topological polar surface area (TPSA) is 67.7 Å². The third-order valence-corrected chi connectivity index (χ3v) is 10.8. The number of benzene rings is 1. The van der Waals surface area contributed by atoms with E-state index < -0.39 is 5.91 Å². The predicted octanol–water partition coefficient (Wildman–Crippen LogP) is 5.05. The Hall–Kier alpha value is -2.25. The molecule has 4 bridgehead atoms. The van der Waals surface area contributed by atoms with Gasteiger partial charge in [-0.1, -0.05) is 32.4 Å². The molecule has 0 radical (unpaired) electrons. The van der Waals surface area contributed by atoms with E-state index in [1.165, 1.54) is 65.6 Å². The number of piperidine rings is 2. The van der Waals surface area contributed by atoms with Crippen molar-refractivity contribution in [3.63, 3.8) is 0 Å². The molecule has 200 valence electrons. The fourth-order valence-electron chi connectivity index (χ4n) is 8.54. The van der Waals surface area contributed by atoms with Crippen molar-refractivity contribution >= 4 is 16.9 Å². The van der Waals surface area contributed by atoms with Gasteiger partial charge in [0.05, 0.1) is 18.1 Å².